The Hall–Kier alpha value is -1.14. The average molecular weight is 340 g/mol. The standard InChI is InChI=1S/C18H32N2O4/c1-3-8-18(2,20-17(22)12-15-7-5-10-24-15)13-19-16(21)11-14-6-4-9-23-14/h14-15H,3-13H2,1-2H3,(H,19,21)(H,20,22)/t14-,15+,18+/m0/s1. The van der Waals surface area contributed by atoms with Crippen LogP contribution in [0.3, 0.4) is 0 Å². The summed E-state index contributed by atoms with van der Waals surface area (Å²) in [7, 11) is 0. The zero-order valence-corrected chi connectivity index (χ0v) is 15.1. The maximum absolute atomic E-state index is 12.3. The molecule has 2 N–H and O–H groups in total. The summed E-state index contributed by atoms with van der Waals surface area (Å²) in [6.07, 6.45) is 6.65. The third kappa shape index (κ3) is 6.40. The van der Waals surface area contributed by atoms with Crippen molar-refractivity contribution in [3.8, 4) is 0 Å². The second-order valence-corrected chi connectivity index (χ2v) is 7.31. The minimum absolute atomic E-state index is 0.00222. The predicted octanol–water partition coefficient (Wildman–Crippen LogP) is 1.92. The lowest BCUT2D eigenvalue weighted by atomic mass is 9.95. The van der Waals surface area contributed by atoms with E-state index in [1.54, 1.807) is 0 Å². The van der Waals surface area contributed by atoms with Crippen molar-refractivity contribution in [1.82, 2.24) is 10.6 Å². The van der Waals surface area contributed by atoms with Gasteiger partial charge in [-0.15, -0.1) is 0 Å². The van der Waals surface area contributed by atoms with E-state index in [0.29, 0.717) is 19.4 Å². The van der Waals surface area contributed by atoms with Gasteiger partial charge in [0.25, 0.3) is 0 Å². The van der Waals surface area contributed by atoms with E-state index in [9.17, 15) is 9.59 Å². The molecule has 24 heavy (non-hydrogen) atoms. The molecule has 0 aromatic rings. The van der Waals surface area contributed by atoms with E-state index in [1.165, 1.54) is 0 Å². The van der Waals surface area contributed by atoms with Crippen molar-refractivity contribution in [2.75, 3.05) is 19.8 Å². The minimum atomic E-state index is -0.420. The van der Waals surface area contributed by atoms with Crippen molar-refractivity contribution >= 4 is 11.8 Å². The smallest absolute Gasteiger partial charge is 0.223 e. The van der Waals surface area contributed by atoms with Crippen LogP contribution in [0.4, 0.5) is 0 Å². The van der Waals surface area contributed by atoms with E-state index < -0.39 is 5.54 Å². The van der Waals surface area contributed by atoms with E-state index >= 15 is 0 Å². The first-order valence-corrected chi connectivity index (χ1v) is 9.31. The van der Waals surface area contributed by atoms with Gasteiger partial charge in [0.1, 0.15) is 0 Å². The molecule has 6 heteroatoms. The van der Waals surface area contributed by atoms with Crippen LogP contribution in [0.5, 0.6) is 0 Å². The summed E-state index contributed by atoms with van der Waals surface area (Å²) < 4.78 is 11.0. The molecule has 2 heterocycles. The summed E-state index contributed by atoms with van der Waals surface area (Å²) in [5.41, 5.74) is -0.420. The maximum atomic E-state index is 12.3. The summed E-state index contributed by atoms with van der Waals surface area (Å²) in [5, 5.41) is 6.07. The number of amides is 2. The van der Waals surface area contributed by atoms with Crippen molar-refractivity contribution in [3.63, 3.8) is 0 Å². The number of carbonyl (C=O) groups excluding carboxylic acids is 2. The molecule has 2 aliphatic rings. The fraction of sp³-hybridized carbons (Fsp3) is 0.889. The zero-order chi connectivity index (χ0) is 17.4. The monoisotopic (exact) mass is 340 g/mol. The van der Waals surface area contributed by atoms with Crippen LogP contribution in [0.25, 0.3) is 0 Å². The number of nitrogens with one attached hydrogen (secondary N) is 2. The van der Waals surface area contributed by atoms with Crippen LogP contribution in [-0.4, -0.2) is 49.3 Å². The van der Waals surface area contributed by atoms with Crippen molar-refractivity contribution in [3.05, 3.63) is 0 Å². The van der Waals surface area contributed by atoms with Gasteiger partial charge in [-0.1, -0.05) is 13.3 Å². The molecule has 138 valence electrons. The highest BCUT2D eigenvalue weighted by molar-refractivity contribution is 5.78. The first kappa shape index (κ1) is 19.2. The van der Waals surface area contributed by atoms with E-state index in [2.05, 4.69) is 17.6 Å². The zero-order valence-electron chi connectivity index (χ0n) is 15.1. The lowest BCUT2D eigenvalue weighted by Gasteiger charge is -2.31. The molecule has 0 radical (unpaired) electrons. The van der Waals surface area contributed by atoms with Gasteiger partial charge in [-0.25, -0.2) is 0 Å². The Morgan fingerprint density at radius 1 is 1.04 bits per heavy atom. The van der Waals surface area contributed by atoms with Crippen molar-refractivity contribution in [2.24, 2.45) is 0 Å². The molecule has 0 aromatic heterocycles. The molecule has 0 unspecified atom stereocenters. The highest BCUT2D eigenvalue weighted by Crippen LogP contribution is 2.18. The van der Waals surface area contributed by atoms with Gasteiger partial charge in [-0.2, -0.15) is 0 Å². The summed E-state index contributed by atoms with van der Waals surface area (Å²) in [5.74, 6) is 0.00354. The highest BCUT2D eigenvalue weighted by Gasteiger charge is 2.29. The number of rotatable bonds is 9. The predicted molar refractivity (Wildman–Crippen MR) is 91.6 cm³/mol. The molecule has 2 aliphatic heterocycles. The first-order valence-electron chi connectivity index (χ1n) is 9.31. The third-order valence-electron chi connectivity index (χ3n) is 4.79. The molecule has 3 atom stereocenters. The Morgan fingerprint density at radius 3 is 2.12 bits per heavy atom. The fourth-order valence-electron chi connectivity index (χ4n) is 3.52. The Bertz CT molecular complexity index is 417. The van der Waals surface area contributed by atoms with Crippen molar-refractivity contribution in [1.29, 1.82) is 0 Å². The Balaban J connectivity index is 1.76. The first-order chi connectivity index (χ1) is 11.5. The highest BCUT2D eigenvalue weighted by atomic mass is 16.5. The topological polar surface area (TPSA) is 76.7 Å². The fourth-order valence-corrected chi connectivity index (χ4v) is 3.52. The SMILES string of the molecule is CCC[C@](C)(CNC(=O)C[C@@H]1CCCO1)NC(=O)C[C@H]1CCCO1. The molecule has 0 saturated carbocycles. The van der Waals surface area contributed by atoms with Gasteiger partial charge in [-0.05, 0) is 39.0 Å². The Labute approximate surface area is 145 Å². The third-order valence-corrected chi connectivity index (χ3v) is 4.79. The van der Waals surface area contributed by atoms with Gasteiger partial charge in [-0.3, -0.25) is 9.59 Å². The van der Waals surface area contributed by atoms with Crippen LogP contribution in [0.1, 0.15) is 65.2 Å². The van der Waals surface area contributed by atoms with Crippen LogP contribution < -0.4 is 10.6 Å². The number of carbonyl (C=O) groups is 2. The molecule has 6 nitrogen and oxygen atoms in total. The molecule has 0 aromatic carbocycles. The van der Waals surface area contributed by atoms with Crippen molar-refractivity contribution < 1.29 is 19.1 Å². The van der Waals surface area contributed by atoms with E-state index in [0.717, 1.165) is 51.7 Å². The van der Waals surface area contributed by atoms with Gasteiger partial charge in [0, 0.05) is 19.8 Å². The molecular formula is C18H32N2O4. The van der Waals surface area contributed by atoms with Crippen LogP contribution in [0.15, 0.2) is 0 Å². The van der Waals surface area contributed by atoms with E-state index in [1.807, 2.05) is 6.92 Å². The van der Waals surface area contributed by atoms with Gasteiger partial charge < -0.3 is 20.1 Å². The Kier molecular flexibility index (Phi) is 7.49. The lowest BCUT2D eigenvalue weighted by molar-refractivity contribution is -0.127. The normalized spacial score (nSPS) is 26.1. The van der Waals surface area contributed by atoms with Gasteiger partial charge in [0.15, 0.2) is 0 Å². The number of hydrogen-bond donors (Lipinski definition) is 2. The maximum Gasteiger partial charge on any atom is 0.223 e. The molecule has 2 saturated heterocycles. The lowest BCUT2D eigenvalue weighted by Crippen LogP contribution is -2.54. The van der Waals surface area contributed by atoms with E-state index in [-0.39, 0.29) is 24.0 Å². The Morgan fingerprint density at radius 2 is 1.62 bits per heavy atom. The minimum Gasteiger partial charge on any atom is -0.378 e. The average Bonchev–Trinajstić information content (AvgIpc) is 3.19. The summed E-state index contributed by atoms with van der Waals surface area (Å²) in [6, 6.07) is 0. The number of hydrogen-bond acceptors (Lipinski definition) is 4. The molecule has 2 rings (SSSR count). The summed E-state index contributed by atoms with van der Waals surface area (Å²) >= 11 is 0. The van der Waals surface area contributed by atoms with Crippen LogP contribution in [0, 0.1) is 0 Å². The molecule has 0 aliphatic carbocycles. The molecule has 0 spiro atoms. The van der Waals surface area contributed by atoms with E-state index in [4.69, 9.17) is 9.47 Å². The summed E-state index contributed by atoms with van der Waals surface area (Å²) in [4.78, 5) is 24.4. The summed E-state index contributed by atoms with van der Waals surface area (Å²) in [6.45, 7) is 6.03. The quantitative estimate of drug-likeness (QED) is 0.672. The second-order valence-electron chi connectivity index (χ2n) is 7.31. The van der Waals surface area contributed by atoms with Crippen LogP contribution in [0.2, 0.25) is 0 Å². The molecule has 0 bridgehead atoms. The van der Waals surface area contributed by atoms with Gasteiger partial charge in [0.05, 0.1) is 30.6 Å². The van der Waals surface area contributed by atoms with Gasteiger partial charge in [0.2, 0.25) is 11.8 Å². The second kappa shape index (κ2) is 9.37. The molecule has 2 amide bonds. The van der Waals surface area contributed by atoms with Crippen LogP contribution >= 0.6 is 0 Å². The van der Waals surface area contributed by atoms with Crippen LogP contribution in [-0.2, 0) is 19.1 Å². The molecule has 2 fully saturated rings. The largest absolute Gasteiger partial charge is 0.378 e. The number of ether oxygens (including phenoxy) is 2. The van der Waals surface area contributed by atoms with Gasteiger partial charge >= 0.3 is 0 Å². The van der Waals surface area contributed by atoms with Crippen molar-refractivity contribution in [2.45, 2.75) is 83.0 Å². The molecular weight excluding hydrogens is 308 g/mol.